The molecule has 0 N–H and O–H groups in total. The Morgan fingerprint density at radius 2 is 1.50 bits per heavy atom. The van der Waals surface area contributed by atoms with Gasteiger partial charge in [-0.2, -0.15) is 0 Å². The summed E-state index contributed by atoms with van der Waals surface area (Å²) in [5.74, 6) is 1.54. The normalized spacial score (nSPS) is 13.7. The lowest BCUT2D eigenvalue weighted by molar-refractivity contribution is 0.0730. The fourth-order valence-corrected chi connectivity index (χ4v) is 2.78. The Morgan fingerprint density at radius 1 is 0.909 bits per heavy atom. The van der Waals surface area contributed by atoms with E-state index in [-0.39, 0.29) is 5.54 Å². The Morgan fingerprint density at radius 3 is 2.05 bits per heavy atom. The van der Waals surface area contributed by atoms with Crippen LogP contribution in [-0.2, 0) is 5.54 Å². The molecule has 0 aliphatic rings. The van der Waals surface area contributed by atoms with Crippen LogP contribution in [0, 0.1) is 0 Å². The molecule has 3 nitrogen and oxygen atoms in total. The van der Waals surface area contributed by atoms with E-state index in [1.807, 2.05) is 30.3 Å². The molecule has 0 aliphatic carbocycles. The second-order valence-corrected chi connectivity index (χ2v) is 5.59. The van der Waals surface area contributed by atoms with Crippen LogP contribution in [0.1, 0.15) is 18.9 Å². The molecule has 0 aromatic heterocycles. The van der Waals surface area contributed by atoms with Gasteiger partial charge in [-0.05, 0) is 38.2 Å². The van der Waals surface area contributed by atoms with E-state index in [0.29, 0.717) is 6.61 Å². The summed E-state index contributed by atoms with van der Waals surface area (Å²) in [5, 5.41) is 0. The van der Waals surface area contributed by atoms with Crippen molar-refractivity contribution in [3.63, 3.8) is 0 Å². The SMILES string of the molecule is CCC(COc1ccccc1OC)(c1ccccc1)N(C)C. The summed E-state index contributed by atoms with van der Waals surface area (Å²) >= 11 is 0. The number of methoxy groups -OCH3 is 1. The van der Waals surface area contributed by atoms with Gasteiger partial charge in [0.25, 0.3) is 0 Å². The summed E-state index contributed by atoms with van der Waals surface area (Å²) in [5.41, 5.74) is 1.10. The van der Waals surface area contributed by atoms with Crippen molar-refractivity contribution in [1.82, 2.24) is 4.90 Å². The molecule has 0 fully saturated rings. The van der Waals surface area contributed by atoms with Crippen molar-refractivity contribution >= 4 is 0 Å². The molecule has 0 amide bonds. The zero-order chi connectivity index (χ0) is 16.0. The highest BCUT2D eigenvalue weighted by Crippen LogP contribution is 2.33. The Labute approximate surface area is 133 Å². The van der Waals surface area contributed by atoms with Crippen LogP contribution in [0.25, 0.3) is 0 Å². The highest BCUT2D eigenvalue weighted by atomic mass is 16.5. The smallest absolute Gasteiger partial charge is 0.161 e. The number of likely N-dealkylation sites (N-methyl/N-ethyl adjacent to an activating group) is 1. The lowest BCUT2D eigenvalue weighted by Gasteiger charge is -2.39. The highest BCUT2D eigenvalue weighted by Gasteiger charge is 2.34. The van der Waals surface area contributed by atoms with E-state index in [1.165, 1.54) is 5.56 Å². The van der Waals surface area contributed by atoms with Crippen molar-refractivity contribution in [1.29, 1.82) is 0 Å². The van der Waals surface area contributed by atoms with E-state index in [1.54, 1.807) is 7.11 Å². The van der Waals surface area contributed by atoms with E-state index >= 15 is 0 Å². The molecule has 118 valence electrons. The van der Waals surface area contributed by atoms with Gasteiger partial charge in [0.15, 0.2) is 11.5 Å². The van der Waals surface area contributed by atoms with Crippen LogP contribution in [0.4, 0.5) is 0 Å². The summed E-state index contributed by atoms with van der Waals surface area (Å²) in [4.78, 5) is 2.23. The molecule has 3 heteroatoms. The van der Waals surface area contributed by atoms with Crippen LogP contribution < -0.4 is 9.47 Å². The Hall–Kier alpha value is -2.00. The number of hydrogen-bond acceptors (Lipinski definition) is 3. The number of rotatable bonds is 7. The highest BCUT2D eigenvalue weighted by molar-refractivity contribution is 5.39. The number of para-hydroxylation sites is 2. The van der Waals surface area contributed by atoms with Crippen LogP contribution in [-0.4, -0.2) is 32.7 Å². The molecule has 0 spiro atoms. The molecular weight excluding hydrogens is 274 g/mol. The van der Waals surface area contributed by atoms with Gasteiger partial charge in [-0.1, -0.05) is 49.4 Å². The van der Waals surface area contributed by atoms with E-state index in [2.05, 4.69) is 50.2 Å². The van der Waals surface area contributed by atoms with Gasteiger partial charge < -0.3 is 9.47 Å². The van der Waals surface area contributed by atoms with E-state index in [9.17, 15) is 0 Å². The van der Waals surface area contributed by atoms with Crippen molar-refractivity contribution in [3.8, 4) is 11.5 Å². The summed E-state index contributed by atoms with van der Waals surface area (Å²) in [6.45, 7) is 2.76. The van der Waals surface area contributed by atoms with Crippen molar-refractivity contribution in [2.45, 2.75) is 18.9 Å². The van der Waals surface area contributed by atoms with Gasteiger partial charge in [-0.3, -0.25) is 4.90 Å². The van der Waals surface area contributed by atoms with Crippen molar-refractivity contribution in [3.05, 3.63) is 60.2 Å². The van der Waals surface area contributed by atoms with Crippen molar-refractivity contribution < 1.29 is 9.47 Å². The zero-order valence-corrected chi connectivity index (χ0v) is 13.9. The Kier molecular flexibility index (Phi) is 5.45. The predicted octanol–water partition coefficient (Wildman–Crippen LogP) is 3.94. The maximum absolute atomic E-state index is 6.13. The minimum absolute atomic E-state index is 0.165. The molecule has 0 radical (unpaired) electrons. The summed E-state index contributed by atoms with van der Waals surface area (Å²) < 4.78 is 11.5. The minimum atomic E-state index is -0.165. The van der Waals surface area contributed by atoms with Crippen LogP contribution in [0.15, 0.2) is 54.6 Å². The summed E-state index contributed by atoms with van der Waals surface area (Å²) in [7, 11) is 5.86. The van der Waals surface area contributed by atoms with Gasteiger partial charge in [0.2, 0.25) is 0 Å². The molecule has 1 unspecified atom stereocenters. The van der Waals surface area contributed by atoms with Crippen molar-refractivity contribution in [2.24, 2.45) is 0 Å². The molecule has 0 aliphatic heterocycles. The second kappa shape index (κ2) is 7.32. The summed E-state index contributed by atoms with van der Waals surface area (Å²) in [6.07, 6.45) is 0.958. The predicted molar refractivity (Wildman–Crippen MR) is 90.6 cm³/mol. The number of ether oxygens (including phenoxy) is 2. The third-order valence-corrected chi connectivity index (χ3v) is 4.29. The molecule has 2 rings (SSSR count). The molecular formula is C19H25NO2. The van der Waals surface area contributed by atoms with Crippen LogP contribution >= 0.6 is 0 Å². The first-order chi connectivity index (χ1) is 10.6. The third-order valence-electron chi connectivity index (χ3n) is 4.29. The quantitative estimate of drug-likeness (QED) is 0.773. The first-order valence-electron chi connectivity index (χ1n) is 7.63. The van der Waals surface area contributed by atoms with Crippen molar-refractivity contribution in [2.75, 3.05) is 27.8 Å². The second-order valence-electron chi connectivity index (χ2n) is 5.59. The monoisotopic (exact) mass is 299 g/mol. The maximum atomic E-state index is 6.13. The lowest BCUT2D eigenvalue weighted by atomic mass is 9.87. The molecule has 0 saturated heterocycles. The first-order valence-corrected chi connectivity index (χ1v) is 7.63. The maximum Gasteiger partial charge on any atom is 0.161 e. The fraction of sp³-hybridized carbons (Fsp3) is 0.368. The third kappa shape index (κ3) is 3.25. The van der Waals surface area contributed by atoms with Gasteiger partial charge in [-0.25, -0.2) is 0 Å². The Balaban J connectivity index is 2.28. The number of hydrogen-bond donors (Lipinski definition) is 0. The average Bonchev–Trinajstić information content (AvgIpc) is 2.57. The van der Waals surface area contributed by atoms with Gasteiger partial charge in [0, 0.05) is 0 Å². The molecule has 0 heterocycles. The largest absolute Gasteiger partial charge is 0.493 e. The Bertz CT molecular complexity index is 583. The van der Waals surface area contributed by atoms with E-state index in [0.717, 1.165) is 17.9 Å². The van der Waals surface area contributed by atoms with E-state index < -0.39 is 0 Å². The van der Waals surface area contributed by atoms with Gasteiger partial charge in [0.05, 0.1) is 12.6 Å². The molecule has 2 aromatic rings. The molecule has 0 bridgehead atoms. The molecule has 2 aromatic carbocycles. The fourth-order valence-electron chi connectivity index (χ4n) is 2.78. The molecule has 22 heavy (non-hydrogen) atoms. The standard InChI is InChI=1S/C19H25NO2/c1-5-19(20(2)3,16-11-7-6-8-12-16)15-22-18-14-10-9-13-17(18)21-4/h6-14H,5,15H2,1-4H3. The minimum Gasteiger partial charge on any atom is -0.493 e. The van der Waals surface area contributed by atoms with E-state index in [4.69, 9.17) is 9.47 Å². The number of nitrogens with zero attached hydrogens (tertiary/aromatic N) is 1. The zero-order valence-electron chi connectivity index (χ0n) is 13.9. The van der Waals surface area contributed by atoms with Gasteiger partial charge in [-0.15, -0.1) is 0 Å². The molecule has 1 atom stereocenters. The molecule has 0 saturated carbocycles. The van der Waals surface area contributed by atoms with Crippen LogP contribution in [0.3, 0.4) is 0 Å². The number of benzene rings is 2. The first kappa shape index (κ1) is 16.4. The van der Waals surface area contributed by atoms with Crippen LogP contribution in [0.5, 0.6) is 11.5 Å². The topological polar surface area (TPSA) is 21.7 Å². The summed E-state index contributed by atoms with van der Waals surface area (Å²) in [6, 6.07) is 18.3. The van der Waals surface area contributed by atoms with Gasteiger partial charge >= 0.3 is 0 Å². The lowest BCUT2D eigenvalue weighted by Crippen LogP contribution is -2.46. The average molecular weight is 299 g/mol. The van der Waals surface area contributed by atoms with Gasteiger partial charge in [0.1, 0.15) is 6.61 Å². The van der Waals surface area contributed by atoms with Crippen LogP contribution in [0.2, 0.25) is 0 Å².